The molecular weight excluding hydrogens is 224 g/mol. The summed E-state index contributed by atoms with van der Waals surface area (Å²) in [6.45, 7) is 2.00. The Balaban J connectivity index is 2.21. The molecule has 0 unspecified atom stereocenters. The molecule has 0 aliphatic rings. The number of hydrogen-bond acceptors (Lipinski definition) is 3. The monoisotopic (exact) mass is 234 g/mol. The predicted octanol–water partition coefficient (Wildman–Crippen LogP) is 3.44. The van der Waals surface area contributed by atoms with Crippen molar-refractivity contribution in [3.05, 3.63) is 47.7 Å². The van der Waals surface area contributed by atoms with Crippen LogP contribution in [0.15, 0.2) is 51.0 Å². The van der Waals surface area contributed by atoms with Gasteiger partial charge in [-0.1, -0.05) is 30.0 Å². The third-order valence-corrected chi connectivity index (χ3v) is 3.22. The molecule has 1 heterocycles. The molecule has 2 rings (SSSR count). The van der Waals surface area contributed by atoms with E-state index < -0.39 is 5.97 Å². The molecule has 82 valence electrons. The molecule has 1 N–H and O–H groups in total. The minimum absolute atomic E-state index is 0.177. The minimum Gasteiger partial charge on any atom is -0.478 e. The van der Waals surface area contributed by atoms with Gasteiger partial charge in [0.2, 0.25) is 0 Å². The smallest absolute Gasteiger partial charge is 0.339 e. The van der Waals surface area contributed by atoms with Gasteiger partial charge in [0.05, 0.1) is 5.56 Å². The molecule has 1 aromatic carbocycles. The molecule has 2 aromatic rings. The number of furan rings is 1. The molecule has 3 nitrogen and oxygen atoms in total. The lowest BCUT2D eigenvalue weighted by Crippen LogP contribution is -1.91. The van der Waals surface area contributed by atoms with Gasteiger partial charge in [0, 0.05) is 11.0 Å². The maximum absolute atomic E-state index is 10.7. The Morgan fingerprint density at radius 2 is 2.12 bits per heavy atom. The van der Waals surface area contributed by atoms with Crippen LogP contribution >= 0.6 is 11.8 Å². The van der Waals surface area contributed by atoms with Crippen molar-refractivity contribution >= 4 is 17.7 Å². The number of benzene rings is 1. The molecular formula is C12H10O3S. The van der Waals surface area contributed by atoms with Crippen LogP contribution in [0.2, 0.25) is 0 Å². The number of carbonyl (C=O) groups is 1. The van der Waals surface area contributed by atoms with E-state index in [0.717, 1.165) is 10.5 Å². The van der Waals surface area contributed by atoms with E-state index in [4.69, 9.17) is 9.52 Å². The lowest BCUT2D eigenvalue weighted by molar-refractivity contribution is 0.0696. The van der Waals surface area contributed by atoms with Crippen LogP contribution in [0.3, 0.4) is 0 Å². The first kappa shape index (κ1) is 10.8. The summed E-state index contributed by atoms with van der Waals surface area (Å²) in [6, 6.07) is 9.41. The molecule has 0 spiro atoms. The van der Waals surface area contributed by atoms with Crippen LogP contribution in [0, 0.1) is 6.92 Å². The molecule has 4 heteroatoms. The van der Waals surface area contributed by atoms with Gasteiger partial charge >= 0.3 is 5.97 Å². The second kappa shape index (κ2) is 4.45. The second-order valence-electron chi connectivity index (χ2n) is 3.33. The Labute approximate surface area is 97.1 Å². The molecule has 0 aliphatic heterocycles. The molecule has 0 saturated heterocycles. The van der Waals surface area contributed by atoms with Gasteiger partial charge in [-0.15, -0.1) is 0 Å². The van der Waals surface area contributed by atoms with Gasteiger partial charge < -0.3 is 9.52 Å². The highest BCUT2D eigenvalue weighted by molar-refractivity contribution is 7.99. The topological polar surface area (TPSA) is 50.4 Å². The Morgan fingerprint density at radius 1 is 1.38 bits per heavy atom. The summed E-state index contributed by atoms with van der Waals surface area (Å²) in [5, 5.41) is 9.34. The van der Waals surface area contributed by atoms with Gasteiger partial charge in [-0.3, -0.25) is 0 Å². The molecule has 0 fully saturated rings. The average molecular weight is 234 g/mol. The van der Waals surface area contributed by atoms with Crippen molar-refractivity contribution in [3.8, 4) is 0 Å². The largest absolute Gasteiger partial charge is 0.478 e. The number of aromatic carboxylic acids is 1. The average Bonchev–Trinajstić information content (AvgIpc) is 2.70. The third kappa shape index (κ3) is 2.28. The standard InChI is InChI=1S/C12H10O3S/c1-8-4-2-3-5-10(8)16-11-6-9(7-15-11)12(13)14/h2-7H,1H3,(H,13,14). The van der Waals surface area contributed by atoms with Gasteiger partial charge in [-0.05, 0) is 18.6 Å². The lowest BCUT2D eigenvalue weighted by atomic mass is 10.2. The Kier molecular flexibility index (Phi) is 3.01. The summed E-state index contributed by atoms with van der Waals surface area (Å²) in [5.74, 6) is -0.972. The van der Waals surface area contributed by atoms with Crippen molar-refractivity contribution in [1.82, 2.24) is 0 Å². The predicted molar refractivity (Wildman–Crippen MR) is 61.0 cm³/mol. The van der Waals surface area contributed by atoms with E-state index in [1.165, 1.54) is 24.1 Å². The van der Waals surface area contributed by atoms with Crippen molar-refractivity contribution in [2.24, 2.45) is 0 Å². The number of hydrogen-bond donors (Lipinski definition) is 1. The maximum atomic E-state index is 10.7. The summed E-state index contributed by atoms with van der Waals surface area (Å²) in [7, 11) is 0. The fourth-order valence-electron chi connectivity index (χ4n) is 1.26. The Morgan fingerprint density at radius 3 is 2.75 bits per heavy atom. The van der Waals surface area contributed by atoms with Gasteiger partial charge in [-0.25, -0.2) is 4.79 Å². The molecule has 1 aromatic heterocycles. The highest BCUT2D eigenvalue weighted by atomic mass is 32.2. The van der Waals surface area contributed by atoms with Gasteiger partial charge in [0.15, 0.2) is 5.09 Å². The number of carboxylic acid groups (broad SMARTS) is 1. The zero-order valence-corrected chi connectivity index (χ0v) is 9.45. The quantitative estimate of drug-likeness (QED) is 0.883. The van der Waals surface area contributed by atoms with E-state index in [1.54, 1.807) is 0 Å². The zero-order chi connectivity index (χ0) is 11.5. The van der Waals surface area contributed by atoms with E-state index in [0.29, 0.717) is 5.09 Å². The lowest BCUT2D eigenvalue weighted by Gasteiger charge is -2.01. The highest BCUT2D eigenvalue weighted by Crippen LogP contribution is 2.31. The van der Waals surface area contributed by atoms with Crippen LogP contribution in [-0.4, -0.2) is 11.1 Å². The molecule has 0 atom stereocenters. The SMILES string of the molecule is Cc1ccccc1Sc1cc(C(=O)O)co1. The number of aryl methyl sites for hydroxylation is 1. The van der Waals surface area contributed by atoms with Crippen molar-refractivity contribution in [2.45, 2.75) is 16.9 Å². The van der Waals surface area contributed by atoms with Crippen LogP contribution in [0.1, 0.15) is 15.9 Å². The van der Waals surface area contributed by atoms with Crippen LogP contribution < -0.4 is 0 Å². The highest BCUT2D eigenvalue weighted by Gasteiger charge is 2.09. The molecule has 0 bridgehead atoms. The van der Waals surface area contributed by atoms with Crippen LogP contribution in [0.25, 0.3) is 0 Å². The van der Waals surface area contributed by atoms with Crippen molar-refractivity contribution < 1.29 is 14.3 Å². The minimum atomic E-state index is -0.972. The maximum Gasteiger partial charge on any atom is 0.339 e. The molecule has 0 saturated carbocycles. The summed E-state index contributed by atoms with van der Waals surface area (Å²) in [6.07, 6.45) is 1.25. The fourth-order valence-corrected chi connectivity index (χ4v) is 2.14. The fraction of sp³-hybridized carbons (Fsp3) is 0.0833. The van der Waals surface area contributed by atoms with Crippen LogP contribution in [0.5, 0.6) is 0 Å². The first-order valence-corrected chi connectivity index (χ1v) is 5.54. The number of carboxylic acids is 1. The van der Waals surface area contributed by atoms with E-state index >= 15 is 0 Å². The van der Waals surface area contributed by atoms with Gasteiger partial charge in [-0.2, -0.15) is 0 Å². The third-order valence-electron chi connectivity index (χ3n) is 2.13. The van der Waals surface area contributed by atoms with Crippen molar-refractivity contribution in [2.75, 3.05) is 0 Å². The van der Waals surface area contributed by atoms with E-state index in [2.05, 4.69) is 0 Å². The van der Waals surface area contributed by atoms with Crippen molar-refractivity contribution in [3.63, 3.8) is 0 Å². The Hall–Kier alpha value is -1.68. The van der Waals surface area contributed by atoms with Gasteiger partial charge in [0.25, 0.3) is 0 Å². The van der Waals surface area contributed by atoms with Gasteiger partial charge in [0.1, 0.15) is 6.26 Å². The first-order chi connectivity index (χ1) is 7.66. The molecule has 0 amide bonds. The van der Waals surface area contributed by atoms with E-state index in [-0.39, 0.29) is 5.56 Å². The zero-order valence-electron chi connectivity index (χ0n) is 8.64. The van der Waals surface area contributed by atoms with Crippen LogP contribution in [0.4, 0.5) is 0 Å². The Bertz CT molecular complexity index is 516. The van der Waals surface area contributed by atoms with E-state index in [1.807, 2.05) is 31.2 Å². The summed E-state index contributed by atoms with van der Waals surface area (Å²) >= 11 is 1.42. The molecule has 16 heavy (non-hydrogen) atoms. The first-order valence-electron chi connectivity index (χ1n) is 4.72. The normalized spacial score (nSPS) is 10.3. The summed E-state index contributed by atoms with van der Waals surface area (Å²) in [5.41, 5.74) is 1.32. The van der Waals surface area contributed by atoms with Crippen molar-refractivity contribution in [1.29, 1.82) is 0 Å². The second-order valence-corrected chi connectivity index (χ2v) is 4.37. The molecule has 0 aliphatic carbocycles. The summed E-state index contributed by atoms with van der Waals surface area (Å²) in [4.78, 5) is 11.7. The van der Waals surface area contributed by atoms with Crippen LogP contribution in [-0.2, 0) is 0 Å². The van der Waals surface area contributed by atoms with E-state index in [9.17, 15) is 4.79 Å². The number of rotatable bonds is 3. The summed E-state index contributed by atoms with van der Waals surface area (Å²) < 4.78 is 5.17. The molecule has 0 radical (unpaired) electrons.